The third kappa shape index (κ3) is 4.13. The van der Waals surface area contributed by atoms with Gasteiger partial charge in [0.05, 0.1) is 13.2 Å². The molecule has 7 heteroatoms. The van der Waals surface area contributed by atoms with Crippen LogP contribution in [-0.4, -0.2) is 65.7 Å². The molecule has 1 unspecified atom stereocenters. The molecule has 1 aromatic heterocycles. The van der Waals surface area contributed by atoms with E-state index < -0.39 is 0 Å². The van der Waals surface area contributed by atoms with Crippen molar-refractivity contribution in [2.75, 3.05) is 44.4 Å². The first-order valence-electron chi connectivity index (χ1n) is 9.79. The molecule has 1 atom stereocenters. The predicted octanol–water partition coefficient (Wildman–Crippen LogP) is 3.36. The molecule has 2 aliphatic heterocycles. The topological polar surface area (TPSA) is 54.5 Å². The van der Waals surface area contributed by atoms with Crippen molar-refractivity contribution in [2.45, 2.75) is 25.8 Å². The lowest BCUT2D eigenvalue weighted by atomic mass is 9.95. The van der Waals surface area contributed by atoms with Gasteiger partial charge < -0.3 is 10.1 Å². The number of amides is 1. The second-order valence-electron chi connectivity index (χ2n) is 7.67. The standard InChI is InChI=1S/C21H27N3O2S2/c1-15-3-4-17(16(2)11-15)20-23-18(12-28-20)19(25)22-13-21(5-10-27-14-21)24-6-8-26-9-7-24/h3-4,11-12H,5-10,13-14H2,1-2H3,(H,22,25). The number of aryl methyl sites for hydroxylation is 2. The van der Waals surface area contributed by atoms with Crippen LogP contribution in [0.15, 0.2) is 23.6 Å². The van der Waals surface area contributed by atoms with Crippen LogP contribution < -0.4 is 5.32 Å². The van der Waals surface area contributed by atoms with Crippen molar-refractivity contribution in [1.29, 1.82) is 0 Å². The van der Waals surface area contributed by atoms with E-state index in [1.165, 1.54) is 22.5 Å². The van der Waals surface area contributed by atoms with Crippen LogP contribution in [0.1, 0.15) is 28.0 Å². The summed E-state index contributed by atoms with van der Waals surface area (Å²) in [5, 5.41) is 5.95. The number of benzene rings is 1. The van der Waals surface area contributed by atoms with Crippen molar-refractivity contribution in [3.8, 4) is 10.6 Å². The monoisotopic (exact) mass is 417 g/mol. The van der Waals surface area contributed by atoms with Crippen molar-refractivity contribution in [3.63, 3.8) is 0 Å². The molecule has 2 fully saturated rings. The molecule has 2 aromatic rings. The molecule has 28 heavy (non-hydrogen) atoms. The third-order valence-corrected chi connectivity index (χ3v) is 7.80. The van der Waals surface area contributed by atoms with Gasteiger partial charge in [-0.05, 0) is 31.6 Å². The van der Waals surface area contributed by atoms with E-state index in [4.69, 9.17) is 4.74 Å². The number of carbonyl (C=O) groups is 1. The maximum absolute atomic E-state index is 12.8. The summed E-state index contributed by atoms with van der Waals surface area (Å²) in [6.45, 7) is 8.32. The number of nitrogens with one attached hydrogen (secondary N) is 1. The Hall–Kier alpha value is -1.41. The van der Waals surface area contributed by atoms with Crippen LogP contribution in [-0.2, 0) is 4.74 Å². The quantitative estimate of drug-likeness (QED) is 0.808. The van der Waals surface area contributed by atoms with Crippen LogP contribution in [0, 0.1) is 13.8 Å². The fourth-order valence-corrected chi connectivity index (χ4v) is 6.39. The molecule has 4 rings (SSSR count). The zero-order chi connectivity index (χ0) is 19.6. The minimum Gasteiger partial charge on any atom is -0.379 e. The first kappa shape index (κ1) is 19.9. The summed E-state index contributed by atoms with van der Waals surface area (Å²) in [5.74, 6) is 2.15. The lowest BCUT2D eigenvalue weighted by molar-refractivity contribution is -0.0129. The number of rotatable bonds is 5. The summed E-state index contributed by atoms with van der Waals surface area (Å²) in [4.78, 5) is 19.9. The zero-order valence-electron chi connectivity index (χ0n) is 16.5. The van der Waals surface area contributed by atoms with Gasteiger partial charge in [0.15, 0.2) is 0 Å². The molecule has 1 aromatic carbocycles. The SMILES string of the molecule is Cc1ccc(-c2nc(C(=O)NCC3(N4CCOCC4)CCSC3)cs2)c(C)c1. The van der Waals surface area contributed by atoms with Crippen LogP contribution in [0.25, 0.3) is 10.6 Å². The van der Waals surface area contributed by atoms with Crippen molar-refractivity contribution in [3.05, 3.63) is 40.4 Å². The molecule has 0 saturated carbocycles. The lowest BCUT2D eigenvalue weighted by Crippen LogP contribution is -2.59. The smallest absolute Gasteiger partial charge is 0.270 e. The second kappa shape index (κ2) is 8.53. The molecule has 0 bridgehead atoms. The highest BCUT2D eigenvalue weighted by Crippen LogP contribution is 2.34. The van der Waals surface area contributed by atoms with Crippen molar-refractivity contribution in [1.82, 2.24) is 15.2 Å². The van der Waals surface area contributed by atoms with Gasteiger partial charge in [0.2, 0.25) is 0 Å². The molecule has 3 heterocycles. The highest BCUT2D eigenvalue weighted by Gasteiger charge is 2.41. The van der Waals surface area contributed by atoms with Gasteiger partial charge in [-0.15, -0.1) is 11.3 Å². The van der Waals surface area contributed by atoms with Crippen LogP contribution in [0.3, 0.4) is 0 Å². The maximum atomic E-state index is 12.8. The normalized spacial score (nSPS) is 23.1. The predicted molar refractivity (Wildman–Crippen MR) is 116 cm³/mol. The highest BCUT2D eigenvalue weighted by atomic mass is 32.2. The van der Waals surface area contributed by atoms with Crippen LogP contribution in [0.4, 0.5) is 0 Å². The van der Waals surface area contributed by atoms with Gasteiger partial charge >= 0.3 is 0 Å². The van der Waals surface area contributed by atoms with Gasteiger partial charge in [-0.25, -0.2) is 4.98 Å². The Morgan fingerprint density at radius 2 is 2.14 bits per heavy atom. The summed E-state index contributed by atoms with van der Waals surface area (Å²) < 4.78 is 5.52. The van der Waals surface area contributed by atoms with Crippen molar-refractivity contribution in [2.24, 2.45) is 0 Å². The Labute approximate surface area is 174 Å². The van der Waals surface area contributed by atoms with Crippen LogP contribution in [0.2, 0.25) is 0 Å². The van der Waals surface area contributed by atoms with Crippen molar-refractivity contribution < 1.29 is 9.53 Å². The molecule has 150 valence electrons. The average Bonchev–Trinajstić information content (AvgIpc) is 3.38. The summed E-state index contributed by atoms with van der Waals surface area (Å²) in [6, 6.07) is 6.34. The number of hydrogen-bond donors (Lipinski definition) is 1. The first-order chi connectivity index (χ1) is 13.6. The first-order valence-corrected chi connectivity index (χ1v) is 11.8. The second-order valence-corrected chi connectivity index (χ2v) is 9.63. The number of thiazole rings is 1. The molecule has 2 aliphatic rings. The number of ether oxygens (including phenoxy) is 1. The number of carbonyl (C=O) groups excluding carboxylic acids is 1. The minimum atomic E-state index is -0.0724. The lowest BCUT2D eigenvalue weighted by Gasteiger charge is -2.43. The van der Waals surface area contributed by atoms with Crippen molar-refractivity contribution >= 4 is 29.0 Å². The Morgan fingerprint density at radius 3 is 2.86 bits per heavy atom. The fraction of sp³-hybridized carbons (Fsp3) is 0.524. The summed E-state index contributed by atoms with van der Waals surface area (Å²) in [7, 11) is 0. The Kier molecular flexibility index (Phi) is 6.06. The molecular weight excluding hydrogens is 390 g/mol. The van der Waals surface area contributed by atoms with Gasteiger partial charge in [0.25, 0.3) is 5.91 Å². The zero-order valence-corrected chi connectivity index (χ0v) is 18.1. The van der Waals surface area contributed by atoms with E-state index in [9.17, 15) is 4.79 Å². The van der Waals surface area contributed by atoms with E-state index in [-0.39, 0.29) is 11.4 Å². The van der Waals surface area contributed by atoms with Crippen LogP contribution >= 0.6 is 23.1 Å². The Balaban J connectivity index is 1.44. The Morgan fingerprint density at radius 1 is 1.32 bits per heavy atom. The molecule has 2 saturated heterocycles. The molecule has 5 nitrogen and oxygen atoms in total. The molecule has 0 radical (unpaired) electrons. The van der Waals surface area contributed by atoms with E-state index in [0.29, 0.717) is 12.2 Å². The number of hydrogen-bond acceptors (Lipinski definition) is 6. The minimum absolute atomic E-state index is 0.0521. The van der Waals surface area contributed by atoms with Gasteiger partial charge in [0.1, 0.15) is 10.7 Å². The van der Waals surface area contributed by atoms with Gasteiger partial charge in [0, 0.05) is 41.9 Å². The maximum Gasteiger partial charge on any atom is 0.270 e. The molecule has 0 aliphatic carbocycles. The van der Waals surface area contributed by atoms with Crippen LogP contribution in [0.5, 0.6) is 0 Å². The van der Waals surface area contributed by atoms with Gasteiger partial charge in [-0.3, -0.25) is 9.69 Å². The fourth-order valence-electron chi connectivity index (χ4n) is 4.03. The number of thioether (sulfide) groups is 1. The largest absolute Gasteiger partial charge is 0.379 e. The highest BCUT2D eigenvalue weighted by molar-refractivity contribution is 7.99. The Bertz CT molecular complexity index is 840. The third-order valence-electron chi connectivity index (χ3n) is 5.69. The van der Waals surface area contributed by atoms with Gasteiger partial charge in [-0.1, -0.05) is 23.8 Å². The number of nitrogens with zero attached hydrogens (tertiary/aromatic N) is 2. The summed E-state index contributed by atoms with van der Waals surface area (Å²) in [5.41, 5.74) is 4.10. The van der Waals surface area contributed by atoms with Gasteiger partial charge in [-0.2, -0.15) is 11.8 Å². The molecular formula is C21H27N3O2S2. The summed E-state index contributed by atoms with van der Waals surface area (Å²) in [6.07, 6.45) is 1.11. The van der Waals surface area contributed by atoms with E-state index >= 15 is 0 Å². The number of morpholine rings is 1. The average molecular weight is 418 g/mol. The van der Waals surface area contributed by atoms with E-state index in [1.54, 1.807) is 0 Å². The van der Waals surface area contributed by atoms with E-state index in [2.05, 4.69) is 47.2 Å². The summed E-state index contributed by atoms with van der Waals surface area (Å²) >= 11 is 3.51. The molecule has 1 N–H and O–H groups in total. The van der Waals surface area contributed by atoms with E-state index in [0.717, 1.165) is 54.8 Å². The molecule has 0 spiro atoms. The van der Waals surface area contributed by atoms with E-state index in [1.807, 2.05) is 17.1 Å². The number of aromatic nitrogens is 1. The molecule has 1 amide bonds.